The van der Waals surface area contributed by atoms with Gasteiger partial charge in [-0.05, 0) is 22.6 Å². The summed E-state index contributed by atoms with van der Waals surface area (Å²) in [6, 6.07) is 0.913. The molecule has 0 fully saturated rings. The Hall–Kier alpha value is -0.900. The number of alkyl halides is 2. The van der Waals surface area contributed by atoms with Gasteiger partial charge in [0.2, 0.25) is 0 Å². The topological polar surface area (TPSA) is 76.3 Å². The molecule has 0 aliphatic heterocycles. The first-order valence-corrected chi connectivity index (χ1v) is 4.78. The number of nitro groups is 1. The fourth-order valence-electron chi connectivity index (χ4n) is 0.951. The van der Waals surface area contributed by atoms with E-state index in [1.54, 1.807) is 22.6 Å². The maximum atomic E-state index is 12.4. The minimum Gasteiger partial charge on any atom is -0.392 e. The lowest BCUT2D eigenvalue weighted by Gasteiger charge is -2.04. The highest BCUT2D eigenvalue weighted by Gasteiger charge is 2.25. The van der Waals surface area contributed by atoms with E-state index in [9.17, 15) is 18.9 Å². The van der Waals surface area contributed by atoms with E-state index in [1.165, 1.54) is 0 Å². The molecular weight excluding hydrogens is 325 g/mol. The van der Waals surface area contributed by atoms with Gasteiger partial charge in [-0.1, -0.05) is 0 Å². The Morgan fingerprint density at radius 1 is 1.67 bits per heavy atom. The first kappa shape index (κ1) is 12.2. The average Bonchev–Trinajstić information content (AvgIpc) is 2.16. The van der Waals surface area contributed by atoms with Crippen molar-refractivity contribution in [3.63, 3.8) is 0 Å². The summed E-state index contributed by atoms with van der Waals surface area (Å²) in [5.41, 5.74) is -1.48. The molecule has 1 N–H and O–H groups in total. The highest BCUT2D eigenvalue weighted by Crippen LogP contribution is 2.29. The van der Waals surface area contributed by atoms with Crippen LogP contribution in [0.25, 0.3) is 0 Å². The zero-order chi connectivity index (χ0) is 11.6. The van der Waals surface area contributed by atoms with Crippen molar-refractivity contribution in [1.82, 2.24) is 4.98 Å². The fraction of sp³-hybridized carbons (Fsp3) is 0.286. The van der Waals surface area contributed by atoms with Crippen LogP contribution in [0.1, 0.15) is 17.7 Å². The maximum Gasteiger partial charge on any atom is 0.297 e. The molecule has 0 amide bonds. The van der Waals surface area contributed by atoms with E-state index in [2.05, 4.69) is 4.98 Å². The SMILES string of the molecule is O=[N+]([O-])c1cc(CO)c(I)nc1C(F)F. The second kappa shape index (κ2) is 4.75. The van der Waals surface area contributed by atoms with Crippen molar-refractivity contribution in [2.75, 3.05) is 0 Å². The van der Waals surface area contributed by atoms with Gasteiger partial charge in [-0.2, -0.15) is 0 Å². The molecule has 0 aliphatic rings. The number of halogens is 3. The van der Waals surface area contributed by atoms with Gasteiger partial charge in [0.05, 0.1) is 11.5 Å². The predicted octanol–water partition coefficient (Wildman–Crippen LogP) is 2.02. The monoisotopic (exact) mass is 330 g/mol. The number of hydrogen-bond acceptors (Lipinski definition) is 4. The second-order valence-corrected chi connectivity index (χ2v) is 3.58. The van der Waals surface area contributed by atoms with Gasteiger partial charge in [0.1, 0.15) is 3.70 Å². The van der Waals surface area contributed by atoms with Crippen molar-refractivity contribution in [3.05, 3.63) is 31.1 Å². The van der Waals surface area contributed by atoms with Crippen molar-refractivity contribution < 1.29 is 18.8 Å². The fourth-order valence-corrected chi connectivity index (χ4v) is 1.54. The zero-order valence-electron chi connectivity index (χ0n) is 7.15. The number of aliphatic hydroxyl groups excluding tert-OH is 1. The summed E-state index contributed by atoms with van der Waals surface area (Å²) in [5, 5.41) is 19.3. The molecule has 0 aliphatic carbocycles. The van der Waals surface area contributed by atoms with E-state index < -0.39 is 29.3 Å². The van der Waals surface area contributed by atoms with Crippen molar-refractivity contribution in [3.8, 4) is 0 Å². The van der Waals surface area contributed by atoms with Gasteiger partial charge in [-0.3, -0.25) is 10.1 Å². The Kier molecular flexibility index (Phi) is 3.85. The third-order valence-corrected chi connectivity index (χ3v) is 2.56. The van der Waals surface area contributed by atoms with Crippen LogP contribution < -0.4 is 0 Å². The van der Waals surface area contributed by atoms with Crippen LogP contribution in [0.4, 0.5) is 14.5 Å². The highest BCUT2D eigenvalue weighted by atomic mass is 127. The Morgan fingerprint density at radius 2 is 2.27 bits per heavy atom. The molecule has 1 aromatic heterocycles. The van der Waals surface area contributed by atoms with Gasteiger partial charge in [-0.25, -0.2) is 13.8 Å². The first-order valence-electron chi connectivity index (χ1n) is 3.70. The van der Waals surface area contributed by atoms with Crippen molar-refractivity contribution in [2.45, 2.75) is 13.0 Å². The van der Waals surface area contributed by atoms with Crippen LogP contribution in [0.5, 0.6) is 0 Å². The molecule has 1 rings (SSSR count). The van der Waals surface area contributed by atoms with E-state index in [0.717, 1.165) is 6.07 Å². The van der Waals surface area contributed by atoms with Crippen LogP contribution in [0.3, 0.4) is 0 Å². The number of aliphatic hydroxyl groups is 1. The summed E-state index contributed by atoms with van der Waals surface area (Å²) >= 11 is 1.63. The van der Waals surface area contributed by atoms with Crippen LogP contribution in [-0.4, -0.2) is 15.0 Å². The van der Waals surface area contributed by atoms with Crippen molar-refractivity contribution in [1.29, 1.82) is 0 Å². The lowest BCUT2D eigenvalue weighted by atomic mass is 10.2. The smallest absolute Gasteiger partial charge is 0.297 e. The standard InChI is InChI=1S/C7H5F2IN2O3/c8-6(9)5-4(12(14)15)1-3(2-13)7(10)11-5/h1,6,13H,2H2. The molecule has 8 heteroatoms. The van der Waals surface area contributed by atoms with E-state index in [0.29, 0.717) is 0 Å². The molecule has 0 bridgehead atoms. The molecule has 15 heavy (non-hydrogen) atoms. The van der Waals surface area contributed by atoms with Crippen molar-refractivity contribution in [2.24, 2.45) is 0 Å². The number of nitrogens with zero attached hydrogens (tertiary/aromatic N) is 2. The molecule has 0 radical (unpaired) electrons. The van der Waals surface area contributed by atoms with Crippen molar-refractivity contribution >= 4 is 28.3 Å². The third kappa shape index (κ3) is 2.56. The van der Waals surface area contributed by atoms with Crippen LogP contribution in [0.15, 0.2) is 6.07 Å². The molecule has 1 heterocycles. The second-order valence-electron chi connectivity index (χ2n) is 2.56. The van der Waals surface area contributed by atoms with E-state index in [1.807, 2.05) is 0 Å². The predicted molar refractivity (Wildman–Crippen MR) is 54.5 cm³/mol. The highest BCUT2D eigenvalue weighted by molar-refractivity contribution is 14.1. The lowest BCUT2D eigenvalue weighted by Crippen LogP contribution is -2.04. The molecule has 82 valence electrons. The minimum atomic E-state index is -3.01. The van der Waals surface area contributed by atoms with Gasteiger partial charge in [0.15, 0.2) is 5.69 Å². The zero-order valence-corrected chi connectivity index (χ0v) is 9.31. The van der Waals surface area contributed by atoms with Crippen LogP contribution in [0, 0.1) is 13.8 Å². The van der Waals surface area contributed by atoms with Gasteiger partial charge in [0.25, 0.3) is 12.1 Å². The third-order valence-electron chi connectivity index (χ3n) is 1.63. The van der Waals surface area contributed by atoms with Gasteiger partial charge in [0, 0.05) is 11.6 Å². The number of rotatable bonds is 3. The summed E-state index contributed by atoms with van der Waals surface area (Å²) in [7, 11) is 0. The molecule has 0 spiro atoms. The Balaban J connectivity index is 3.39. The Morgan fingerprint density at radius 3 is 2.67 bits per heavy atom. The number of pyridine rings is 1. The van der Waals surface area contributed by atoms with E-state index >= 15 is 0 Å². The van der Waals surface area contributed by atoms with Crippen LogP contribution in [-0.2, 0) is 6.61 Å². The average molecular weight is 330 g/mol. The molecule has 1 aromatic rings. The maximum absolute atomic E-state index is 12.4. The molecule has 5 nitrogen and oxygen atoms in total. The van der Waals surface area contributed by atoms with Gasteiger partial charge in [-0.15, -0.1) is 0 Å². The molecule has 0 aromatic carbocycles. The van der Waals surface area contributed by atoms with E-state index in [4.69, 9.17) is 5.11 Å². The van der Waals surface area contributed by atoms with Crippen LogP contribution >= 0.6 is 22.6 Å². The molecule has 0 atom stereocenters. The van der Waals surface area contributed by atoms with Gasteiger partial charge >= 0.3 is 0 Å². The summed E-state index contributed by atoms with van der Waals surface area (Å²) in [5.74, 6) is 0. The van der Waals surface area contributed by atoms with Gasteiger partial charge < -0.3 is 5.11 Å². The largest absolute Gasteiger partial charge is 0.392 e. The summed E-state index contributed by atoms with van der Waals surface area (Å²) < 4.78 is 24.9. The molecule has 0 saturated heterocycles. The van der Waals surface area contributed by atoms with Crippen LogP contribution in [0.2, 0.25) is 0 Å². The molecule has 0 unspecified atom stereocenters. The molecule has 0 saturated carbocycles. The number of hydrogen-bond donors (Lipinski definition) is 1. The first-order chi connectivity index (χ1) is 6.97. The molecular formula is C7H5F2IN2O3. The summed E-state index contributed by atoms with van der Waals surface area (Å²) in [4.78, 5) is 12.9. The Bertz CT molecular complexity index is 400. The summed E-state index contributed by atoms with van der Waals surface area (Å²) in [6.07, 6.45) is -3.01. The normalized spacial score (nSPS) is 10.7. The Labute approximate surface area is 96.4 Å². The quantitative estimate of drug-likeness (QED) is 0.398. The summed E-state index contributed by atoms with van der Waals surface area (Å²) in [6.45, 7) is -0.477. The number of aromatic nitrogens is 1. The lowest BCUT2D eigenvalue weighted by molar-refractivity contribution is -0.386. The van der Waals surface area contributed by atoms with E-state index in [-0.39, 0.29) is 9.26 Å². The minimum absolute atomic E-state index is 0.135.